The quantitative estimate of drug-likeness (QED) is 0.279. The number of H-pyrrole nitrogens is 1. The molecule has 202 valence electrons. The van der Waals surface area contributed by atoms with Crippen LogP contribution in [0.25, 0.3) is 33.3 Å². The van der Waals surface area contributed by atoms with Crippen LogP contribution in [0.2, 0.25) is 0 Å². The fourth-order valence-electron chi connectivity index (χ4n) is 5.66. The van der Waals surface area contributed by atoms with Crippen molar-refractivity contribution < 1.29 is 4.39 Å². The molecule has 10 heteroatoms. The minimum absolute atomic E-state index is 0.257. The molecular formula is C30H30FN9. The van der Waals surface area contributed by atoms with Gasteiger partial charge in [0.05, 0.1) is 23.3 Å². The summed E-state index contributed by atoms with van der Waals surface area (Å²) < 4.78 is 15.0. The van der Waals surface area contributed by atoms with Gasteiger partial charge >= 0.3 is 0 Å². The highest BCUT2D eigenvalue weighted by atomic mass is 19.1. The van der Waals surface area contributed by atoms with E-state index in [9.17, 15) is 4.39 Å². The average molecular weight is 536 g/mol. The maximum atomic E-state index is 15.0. The highest BCUT2D eigenvalue weighted by molar-refractivity contribution is 5.92. The lowest BCUT2D eigenvalue weighted by Crippen LogP contribution is -2.48. The summed E-state index contributed by atoms with van der Waals surface area (Å²) >= 11 is 0. The van der Waals surface area contributed by atoms with Crippen LogP contribution in [0.3, 0.4) is 0 Å². The van der Waals surface area contributed by atoms with Crippen molar-refractivity contribution in [1.29, 1.82) is 0 Å². The van der Waals surface area contributed by atoms with Crippen LogP contribution < -0.4 is 15.5 Å². The lowest BCUT2D eigenvalue weighted by atomic mass is 10.0. The predicted molar refractivity (Wildman–Crippen MR) is 156 cm³/mol. The van der Waals surface area contributed by atoms with E-state index >= 15 is 0 Å². The number of fused-ring (bicyclic) bond motifs is 2. The molecule has 0 spiro atoms. The molecule has 7 rings (SSSR count). The van der Waals surface area contributed by atoms with Crippen molar-refractivity contribution >= 4 is 28.1 Å². The van der Waals surface area contributed by atoms with Crippen molar-refractivity contribution in [1.82, 2.24) is 30.0 Å². The second-order valence-electron chi connectivity index (χ2n) is 10.6. The molecule has 0 bridgehead atoms. The van der Waals surface area contributed by atoms with Crippen molar-refractivity contribution in [3.63, 3.8) is 0 Å². The van der Waals surface area contributed by atoms with Crippen LogP contribution in [0.1, 0.15) is 25.7 Å². The number of nitrogens with one attached hydrogen (secondary N) is 3. The average Bonchev–Trinajstić information content (AvgIpc) is 3.61. The Morgan fingerprint density at radius 3 is 2.58 bits per heavy atom. The first-order valence-electron chi connectivity index (χ1n) is 13.6. The van der Waals surface area contributed by atoms with Gasteiger partial charge in [-0.3, -0.25) is 20.0 Å². The Kier molecular flexibility index (Phi) is 6.04. The molecule has 40 heavy (non-hydrogen) atoms. The van der Waals surface area contributed by atoms with Crippen molar-refractivity contribution in [2.24, 2.45) is 0 Å². The number of aromatic amines is 1. The molecule has 0 saturated carbocycles. The van der Waals surface area contributed by atoms with Gasteiger partial charge in [-0.2, -0.15) is 5.10 Å². The van der Waals surface area contributed by atoms with Gasteiger partial charge in [0.2, 0.25) is 0 Å². The number of piperazine rings is 1. The van der Waals surface area contributed by atoms with Crippen LogP contribution in [0, 0.1) is 5.82 Å². The molecule has 1 unspecified atom stereocenters. The first-order chi connectivity index (χ1) is 19.5. The Bertz CT molecular complexity index is 1680. The minimum Gasteiger partial charge on any atom is -0.369 e. The van der Waals surface area contributed by atoms with Crippen LogP contribution in [0.5, 0.6) is 0 Å². The van der Waals surface area contributed by atoms with Gasteiger partial charge in [0.25, 0.3) is 0 Å². The summed E-state index contributed by atoms with van der Waals surface area (Å²) in [6, 6.07) is 11.8. The van der Waals surface area contributed by atoms with Gasteiger partial charge in [0.1, 0.15) is 12.0 Å². The summed E-state index contributed by atoms with van der Waals surface area (Å²) in [5.74, 6) is -0.257. The number of anilines is 3. The second kappa shape index (κ2) is 9.87. The summed E-state index contributed by atoms with van der Waals surface area (Å²) in [6.45, 7) is 8.11. The SMILES string of the molecule is CC(C)N1CCN(c2cc(F)cc(-c3cncc4c3NC(c3[nH]nc5ncc(-c6cccnc6)cc35)N4)c2)CC1. The lowest BCUT2D eigenvalue weighted by Gasteiger charge is -2.38. The summed E-state index contributed by atoms with van der Waals surface area (Å²) in [6.07, 6.45) is 8.67. The van der Waals surface area contributed by atoms with Gasteiger partial charge in [0.15, 0.2) is 5.65 Å². The van der Waals surface area contributed by atoms with E-state index in [0.29, 0.717) is 11.7 Å². The fourth-order valence-corrected chi connectivity index (χ4v) is 5.66. The molecule has 4 aromatic heterocycles. The van der Waals surface area contributed by atoms with Crippen molar-refractivity contribution in [2.45, 2.75) is 26.1 Å². The first kappa shape index (κ1) is 24.5. The van der Waals surface area contributed by atoms with Crippen molar-refractivity contribution in [3.05, 3.63) is 78.9 Å². The molecular weight excluding hydrogens is 505 g/mol. The van der Waals surface area contributed by atoms with E-state index in [1.807, 2.05) is 18.3 Å². The third-order valence-electron chi connectivity index (χ3n) is 7.86. The summed E-state index contributed by atoms with van der Waals surface area (Å²) in [7, 11) is 0. The van der Waals surface area contributed by atoms with Crippen LogP contribution in [0.4, 0.5) is 21.5 Å². The normalized spacial score (nSPS) is 17.2. The zero-order chi connectivity index (χ0) is 27.2. The molecule has 1 fully saturated rings. The summed E-state index contributed by atoms with van der Waals surface area (Å²) in [5.41, 5.74) is 7.68. The molecule has 1 saturated heterocycles. The summed E-state index contributed by atoms with van der Waals surface area (Å²) in [5, 5.41) is 15.6. The first-order valence-corrected chi connectivity index (χ1v) is 13.6. The van der Waals surface area contributed by atoms with E-state index in [1.165, 1.54) is 0 Å². The molecule has 2 aliphatic rings. The number of pyridine rings is 3. The molecule has 1 atom stereocenters. The van der Waals surface area contributed by atoms with Gasteiger partial charge < -0.3 is 15.5 Å². The molecule has 2 aliphatic heterocycles. The second-order valence-corrected chi connectivity index (χ2v) is 10.6. The lowest BCUT2D eigenvalue weighted by molar-refractivity contribution is 0.209. The smallest absolute Gasteiger partial charge is 0.181 e. The van der Waals surface area contributed by atoms with Gasteiger partial charge in [-0.15, -0.1) is 0 Å². The zero-order valence-electron chi connectivity index (χ0n) is 22.4. The molecule has 3 N–H and O–H groups in total. The molecule has 5 aromatic rings. The van der Waals surface area contributed by atoms with Crippen LogP contribution in [-0.2, 0) is 0 Å². The number of rotatable bonds is 5. The summed E-state index contributed by atoms with van der Waals surface area (Å²) in [4.78, 5) is 18.0. The number of halogens is 1. The largest absolute Gasteiger partial charge is 0.369 e. The third kappa shape index (κ3) is 4.40. The Labute approximate surface area is 231 Å². The van der Waals surface area contributed by atoms with E-state index in [-0.39, 0.29) is 12.0 Å². The van der Waals surface area contributed by atoms with Crippen LogP contribution in [0.15, 0.2) is 67.4 Å². The molecule has 0 aliphatic carbocycles. The molecule has 0 radical (unpaired) electrons. The fraction of sp³-hybridized carbons (Fsp3) is 0.267. The third-order valence-corrected chi connectivity index (χ3v) is 7.86. The Morgan fingerprint density at radius 1 is 0.900 bits per heavy atom. The number of benzene rings is 1. The zero-order valence-corrected chi connectivity index (χ0v) is 22.4. The minimum atomic E-state index is -0.286. The van der Waals surface area contributed by atoms with Gasteiger partial charge in [0, 0.05) is 84.8 Å². The predicted octanol–water partition coefficient (Wildman–Crippen LogP) is 5.29. The van der Waals surface area contributed by atoms with Crippen molar-refractivity contribution in [3.8, 4) is 22.3 Å². The standard InChI is InChI=1S/C30H30FN9/c1-18(2)39-6-8-40(9-7-39)23-11-20(10-22(31)13-23)25-16-33-17-26-27(25)36-30(35-26)28-24-12-21(15-34-29(24)38-37-28)19-4-3-5-32-14-19/h3-5,10-18,30,35-36H,6-9H2,1-2H3,(H,34,37,38). The van der Waals surface area contributed by atoms with E-state index in [1.54, 1.807) is 36.9 Å². The Morgan fingerprint density at radius 2 is 1.77 bits per heavy atom. The number of nitrogens with zero attached hydrogens (tertiary/aromatic N) is 6. The van der Waals surface area contributed by atoms with Gasteiger partial charge in [-0.05, 0) is 49.7 Å². The topological polar surface area (TPSA) is 97.9 Å². The highest BCUT2D eigenvalue weighted by Crippen LogP contribution is 2.43. The van der Waals surface area contributed by atoms with E-state index in [4.69, 9.17) is 0 Å². The van der Waals surface area contributed by atoms with Crippen LogP contribution in [-0.4, -0.2) is 62.3 Å². The molecule has 9 nitrogen and oxygen atoms in total. The van der Waals surface area contributed by atoms with E-state index < -0.39 is 0 Å². The number of hydrogen-bond acceptors (Lipinski definition) is 8. The highest BCUT2D eigenvalue weighted by Gasteiger charge is 2.28. The molecule has 1 aromatic carbocycles. The van der Waals surface area contributed by atoms with Gasteiger partial charge in [-0.1, -0.05) is 6.07 Å². The Hall–Kier alpha value is -4.57. The maximum Gasteiger partial charge on any atom is 0.181 e. The molecule has 6 heterocycles. The number of hydrogen-bond donors (Lipinski definition) is 3. The Balaban J connectivity index is 1.19. The number of aromatic nitrogens is 5. The molecule has 0 amide bonds. The van der Waals surface area contributed by atoms with E-state index in [2.05, 4.69) is 71.6 Å². The van der Waals surface area contributed by atoms with Crippen molar-refractivity contribution in [2.75, 3.05) is 41.7 Å². The monoisotopic (exact) mass is 535 g/mol. The maximum absolute atomic E-state index is 15.0. The van der Waals surface area contributed by atoms with E-state index in [0.717, 1.165) is 76.6 Å². The van der Waals surface area contributed by atoms with Gasteiger partial charge in [-0.25, -0.2) is 9.37 Å². The van der Waals surface area contributed by atoms with Crippen LogP contribution >= 0.6 is 0 Å².